The monoisotopic (exact) mass is 346 g/mol. The minimum atomic E-state index is -0.868. The molecule has 5 heteroatoms. The van der Waals surface area contributed by atoms with E-state index in [0.29, 0.717) is 5.56 Å². The van der Waals surface area contributed by atoms with Crippen molar-refractivity contribution in [3.05, 3.63) is 27.3 Å². The summed E-state index contributed by atoms with van der Waals surface area (Å²) in [5.74, 6) is -0.868. The van der Waals surface area contributed by atoms with Crippen LogP contribution in [0.3, 0.4) is 0 Å². The lowest BCUT2D eigenvalue weighted by molar-refractivity contribution is 0.0697. The number of rotatable bonds is 2. The zero-order chi connectivity index (χ0) is 12.4. The maximum atomic E-state index is 10.9. The molecular formula is C12H15IN2O2. The summed E-state index contributed by atoms with van der Waals surface area (Å²) in [5.41, 5.74) is 1.50. The Bertz CT molecular complexity index is 429. The Morgan fingerprint density at radius 3 is 2.47 bits per heavy atom. The minimum Gasteiger partial charge on any atom is -0.478 e. The molecule has 1 saturated heterocycles. The molecule has 0 aromatic heterocycles. The summed E-state index contributed by atoms with van der Waals surface area (Å²) in [5, 5.41) is 8.92. The van der Waals surface area contributed by atoms with Gasteiger partial charge in [0.25, 0.3) is 0 Å². The lowest BCUT2D eigenvalue weighted by Crippen LogP contribution is -2.44. The number of hydrogen-bond donors (Lipinski definition) is 1. The second kappa shape index (κ2) is 5.22. The minimum absolute atomic E-state index is 0.354. The topological polar surface area (TPSA) is 43.8 Å². The number of halogens is 1. The molecule has 4 nitrogen and oxygen atoms in total. The molecule has 1 N–H and O–H groups in total. The predicted octanol–water partition coefficient (Wildman–Crippen LogP) is 1.74. The van der Waals surface area contributed by atoms with Crippen LogP contribution >= 0.6 is 22.6 Å². The highest BCUT2D eigenvalue weighted by atomic mass is 127. The molecule has 0 spiro atoms. The molecule has 1 aliphatic rings. The molecule has 2 rings (SSSR count). The fourth-order valence-electron chi connectivity index (χ4n) is 1.94. The highest BCUT2D eigenvalue weighted by molar-refractivity contribution is 14.1. The summed E-state index contributed by atoms with van der Waals surface area (Å²) in [6.07, 6.45) is 0. The molecular weight excluding hydrogens is 331 g/mol. The van der Waals surface area contributed by atoms with E-state index in [0.717, 1.165) is 35.4 Å². The van der Waals surface area contributed by atoms with Crippen molar-refractivity contribution in [3.63, 3.8) is 0 Å². The number of carboxylic acid groups (broad SMARTS) is 1. The number of anilines is 1. The largest absolute Gasteiger partial charge is 0.478 e. The maximum Gasteiger partial charge on any atom is 0.335 e. The van der Waals surface area contributed by atoms with Gasteiger partial charge in [0, 0.05) is 29.7 Å². The third-order valence-corrected chi connectivity index (χ3v) is 3.90. The van der Waals surface area contributed by atoms with Crippen molar-refractivity contribution in [2.45, 2.75) is 0 Å². The zero-order valence-electron chi connectivity index (χ0n) is 9.69. The van der Waals surface area contributed by atoms with E-state index in [1.54, 1.807) is 12.1 Å². The van der Waals surface area contributed by atoms with Gasteiger partial charge in [-0.2, -0.15) is 0 Å². The summed E-state index contributed by atoms with van der Waals surface area (Å²) in [6.45, 7) is 4.10. The molecule has 1 aromatic carbocycles. The normalized spacial score (nSPS) is 17.2. The van der Waals surface area contributed by atoms with Crippen molar-refractivity contribution in [1.82, 2.24) is 4.90 Å². The number of piperazine rings is 1. The van der Waals surface area contributed by atoms with Crippen LogP contribution in [0.2, 0.25) is 0 Å². The predicted molar refractivity (Wildman–Crippen MR) is 75.8 cm³/mol. The van der Waals surface area contributed by atoms with E-state index in [9.17, 15) is 4.79 Å². The molecule has 0 atom stereocenters. The van der Waals surface area contributed by atoms with Crippen LogP contribution in [-0.4, -0.2) is 49.2 Å². The second-order valence-electron chi connectivity index (χ2n) is 4.26. The van der Waals surface area contributed by atoms with Gasteiger partial charge in [-0.15, -0.1) is 0 Å². The number of aromatic carboxylic acids is 1. The Morgan fingerprint density at radius 2 is 1.94 bits per heavy atom. The van der Waals surface area contributed by atoms with Crippen molar-refractivity contribution in [3.8, 4) is 0 Å². The lowest BCUT2D eigenvalue weighted by atomic mass is 10.2. The third kappa shape index (κ3) is 2.90. The fraction of sp³-hybridized carbons (Fsp3) is 0.417. The Morgan fingerprint density at radius 1 is 1.29 bits per heavy atom. The van der Waals surface area contributed by atoms with Crippen molar-refractivity contribution >= 4 is 34.2 Å². The van der Waals surface area contributed by atoms with Gasteiger partial charge in [-0.05, 0) is 47.8 Å². The van der Waals surface area contributed by atoms with E-state index in [1.165, 1.54) is 0 Å². The Balaban J connectivity index is 2.19. The third-order valence-electron chi connectivity index (χ3n) is 3.04. The van der Waals surface area contributed by atoms with Gasteiger partial charge in [-0.1, -0.05) is 0 Å². The first-order chi connectivity index (χ1) is 8.08. The van der Waals surface area contributed by atoms with Gasteiger partial charge in [-0.3, -0.25) is 0 Å². The van der Waals surface area contributed by atoms with Crippen LogP contribution in [0.25, 0.3) is 0 Å². The number of benzene rings is 1. The van der Waals surface area contributed by atoms with Gasteiger partial charge in [0.05, 0.1) is 11.3 Å². The Hall–Kier alpha value is -0.820. The number of nitrogens with zero attached hydrogens (tertiary/aromatic N) is 2. The summed E-state index contributed by atoms with van der Waals surface area (Å²) in [7, 11) is 2.12. The number of carboxylic acids is 1. The van der Waals surface area contributed by atoms with E-state index in [2.05, 4.69) is 39.4 Å². The van der Waals surface area contributed by atoms with Gasteiger partial charge in [0.15, 0.2) is 0 Å². The fourth-order valence-corrected chi connectivity index (χ4v) is 2.80. The van der Waals surface area contributed by atoms with Crippen molar-refractivity contribution < 1.29 is 9.90 Å². The smallest absolute Gasteiger partial charge is 0.335 e. The molecule has 0 saturated carbocycles. The van der Waals surface area contributed by atoms with Gasteiger partial charge < -0.3 is 14.9 Å². The van der Waals surface area contributed by atoms with Crippen LogP contribution < -0.4 is 4.90 Å². The van der Waals surface area contributed by atoms with Gasteiger partial charge in [0.2, 0.25) is 0 Å². The van der Waals surface area contributed by atoms with Crippen molar-refractivity contribution in [2.75, 3.05) is 38.1 Å². The number of likely N-dealkylation sites (N-methyl/N-ethyl adjacent to an activating group) is 1. The maximum absolute atomic E-state index is 10.9. The second-order valence-corrected chi connectivity index (χ2v) is 5.42. The van der Waals surface area contributed by atoms with E-state index >= 15 is 0 Å². The lowest BCUT2D eigenvalue weighted by Gasteiger charge is -2.34. The summed E-state index contributed by atoms with van der Waals surface area (Å²) in [4.78, 5) is 15.5. The van der Waals surface area contributed by atoms with E-state index < -0.39 is 5.97 Å². The highest BCUT2D eigenvalue weighted by Gasteiger charge is 2.17. The molecule has 0 amide bonds. The first kappa shape index (κ1) is 12.6. The number of carbonyl (C=O) groups is 1. The molecule has 1 fully saturated rings. The van der Waals surface area contributed by atoms with E-state index in [-0.39, 0.29) is 0 Å². The molecule has 0 unspecified atom stereocenters. The number of hydrogen-bond acceptors (Lipinski definition) is 3. The van der Waals surface area contributed by atoms with Crippen LogP contribution in [0.1, 0.15) is 10.4 Å². The Kier molecular flexibility index (Phi) is 3.88. The molecule has 1 aromatic rings. The first-order valence-corrected chi connectivity index (χ1v) is 6.62. The summed E-state index contributed by atoms with van der Waals surface area (Å²) < 4.78 is 1.01. The molecule has 1 heterocycles. The van der Waals surface area contributed by atoms with Crippen LogP contribution in [0, 0.1) is 3.57 Å². The Labute approximate surface area is 114 Å². The van der Waals surface area contributed by atoms with Gasteiger partial charge in [0.1, 0.15) is 0 Å². The van der Waals surface area contributed by atoms with E-state index in [4.69, 9.17) is 5.11 Å². The summed E-state index contributed by atoms with van der Waals surface area (Å²) >= 11 is 2.21. The van der Waals surface area contributed by atoms with Crippen LogP contribution in [0.4, 0.5) is 5.69 Å². The zero-order valence-corrected chi connectivity index (χ0v) is 11.8. The molecule has 0 bridgehead atoms. The quantitative estimate of drug-likeness (QED) is 0.829. The van der Waals surface area contributed by atoms with Crippen molar-refractivity contribution in [1.29, 1.82) is 0 Å². The van der Waals surface area contributed by atoms with Crippen LogP contribution in [0.15, 0.2) is 18.2 Å². The molecule has 92 valence electrons. The van der Waals surface area contributed by atoms with Crippen LogP contribution in [0.5, 0.6) is 0 Å². The van der Waals surface area contributed by atoms with Gasteiger partial charge in [-0.25, -0.2) is 4.79 Å². The van der Waals surface area contributed by atoms with E-state index in [1.807, 2.05) is 6.07 Å². The molecule has 1 aliphatic heterocycles. The standard InChI is InChI=1S/C12H15IN2O2/c1-14-4-6-15(7-5-14)11-3-2-9(12(16)17)8-10(11)13/h2-3,8H,4-7H2,1H3,(H,16,17). The SMILES string of the molecule is CN1CCN(c2ccc(C(=O)O)cc2I)CC1. The average molecular weight is 346 g/mol. The molecule has 0 aliphatic carbocycles. The molecule has 0 radical (unpaired) electrons. The average Bonchev–Trinajstić information content (AvgIpc) is 2.30. The highest BCUT2D eigenvalue weighted by Crippen LogP contribution is 2.24. The first-order valence-electron chi connectivity index (χ1n) is 5.54. The summed E-state index contributed by atoms with van der Waals surface area (Å²) in [6, 6.07) is 5.32. The molecule has 17 heavy (non-hydrogen) atoms. The van der Waals surface area contributed by atoms with Crippen LogP contribution in [-0.2, 0) is 0 Å². The van der Waals surface area contributed by atoms with Crippen molar-refractivity contribution in [2.24, 2.45) is 0 Å². The van der Waals surface area contributed by atoms with Gasteiger partial charge >= 0.3 is 5.97 Å².